The van der Waals surface area contributed by atoms with Crippen molar-refractivity contribution in [1.29, 1.82) is 0 Å². The number of nitrogens with two attached hydrogens (primary N) is 1. The number of hydrogen-bond acceptors (Lipinski definition) is 3. The average molecular weight is 326 g/mol. The molecule has 1 aliphatic rings. The van der Waals surface area contributed by atoms with Crippen molar-refractivity contribution in [2.75, 3.05) is 5.32 Å². The van der Waals surface area contributed by atoms with E-state index in [0.29, 0.717) is 18.5 Å². The molecule has 102 valence electrons. The van der Waals surface area contributed by atoms with Crippen molar-refractivity contribution in [1.82, 2.24) is 0 Å². The van der Waals surface area contributed by atoms with Gasteiger partial charge in [-0.3, -0.25) is 4.79 Å². The van der Waals surface area contributed by atoms with Gasteiger partial charge in [0.2, 0.25) is 5.91 Å². The molecule has 0 saturated heterocycles. The zero-order valence-corrected chi connectivity index (χ0v) is 12.0. The summed E-state index contributed by atoms with van der Waals surface area (Å²) in [6.07, 6.45) is 3.05. The second-order valence-electron chi connectivity index (χ2n) is 4.74. The Labute approximate surface area is 120 Å². The molecule has 1 aromatic rings. The van der Waals surface area contributed by atoms with Crippen LogP contribution in [0.25, 0.3) is 0 Å². The van der Waals surface area contributed by atoms with E-state index in [4.69, 9.17) is 10.9 Å². The van der Waals surface area contributed by atoms with Crippen LogP contribution in [0.1, 0.15) is 25.7 Å². The number of amides is 1. The summed E-state index contributed by atoms with van der Waals surface area (Å²) < 4.78 is 0.942. The van der Waals surface area contributed by atoms with E-state index in [1.807, 2.05) is 12.1 Å². The molecule has 5 nitrogen and oxygen atoms in total. The van der Waals surface area contributed by atoms with Gasteiger partial charge in [0, 0.05) is 10.2 Å². The lowest BCUT2D eigenvalue weighted by molar-refractivity contribution is -0.122. The van der Waals surface area contributed by atoms with Crippen LogP contribution in [0.3, 0.4) is 0 Å². The Kier molecular flexibility index (Phi) is 4.09. The molecule has 6 heteroatoms. The summed E-state index contributed by atoms with van der Waals surface area (Å²) in [6, 6.07) is 7.30. The van der Waals surface area contributed by atoms with Crippen LogP contribution in [0.2, 0.25) is 0 Å². The highest BCUT2D eigenvalue weighted by Gasteiger charge is 2.45. The van der Waals surface area contributed by atoms with Gasteiger partial charge in [0.25, 0.3) is 0 Å². The van der Waals surface area contributed by atoms with E-state index in [-0.39, 0.29) is 11.7 Å². The van der Waals surface area contributed by atoms with Gasteiger partial charge in [-0.2, -0.15) is 0 Å². The highest BCUT2D eigenvalue weighted by molar-refractivity contribution is 9.10. The fourth-order valence-corrected chi connectivity index (χ4v) is 2.72. The minimum Gasteiger partial charge on any atom is -0.409 e. The molecular formula is C13H16BrN3O2. The van der Waals surface area contributed by atoms with Crippen LogP contribution in [0, 0.1) is 5.41 Å². The van der Waals surface area contributed by atoms with Crippen LogP contribution in [0.5, 0.6) is 0 Å². The lowest BCUT2D eigenvalue weighted by Gasteiger charge is -2.25. The van der Waals surface area contributed by atoms with Gasteiger partial charge >= 0.3 is 0 Å². The summed E-state index contributed by atoms with van der Waals surface area (Å²) in [5.74, 6) is -0.206. The van der Waals surface area contributed by atoms with E-state index >= 15 is 0 Å². The molecule has 0 spiro atoms. The van der Waals surface area contributed by atoms with Crippen LogP contribution in [0.15, 0.2) is 33.9 Å². The smallest absolute Gasteiger partial charge is 0.238 e. The van der Waals surface area contributed by atoms with Crippen molar-refractivity contribution in [3.8, 4) is 0 Å². The molecule has 0 aliphatic heterocycles. The van der Waals surface area contributed by atoms with E-state index in [0.717, 1.165) is 17.3 Å². The number of rotatable bonds is 3. The highest BCUT2D eigenvalue weighted by atomic mass is 79.9. The normalized spacial score (nSPS) is 18.3. The van der Waals surface area contributed by atoms with E-state index in [1.165, 1.54) is 0 Å². The maximum atomic E-state index is 12.4. The fraction of sp³-hybridized carbons (Fsp3) is 0.385. The Balaban J connectivity index is 2.19. The van der Waals surface area contributed by atoms with Crippen LogP contribution >= 0.6 is 15.9 Å². The van der Waals surface area contributed by atoms with Gasteiger partial charge in [0.1, 0.15) is 5.41 Å². The quantitative estimate of drug-likeness (QED) is 0.345. The standard InChI is InChI=1S/C13H16BrN3O2/c14-9-3-5-10(6-4-9)16-12(18)13(11(15)17-19)7-1-2-8-13/h3-6,19H,1-2,7-8H2,(H2,15,17)(H,16,18). The van der Waals surface area contributed by atoms with Gasteiger partial charge in [0.05, 0.1) is 0 Å². The van der Waals surface area contributed by atoms with E-state index < -0.39 is 5.41 Å². The summed E-state index contributed by atoms with van der Waals surface area (Å²) in [7, 11) is 0. The molecule has 1 aliphatic carbocycles. The van der Waals surface area contributed by atoms with Crippen molar-refractivity contribution in [2.45, 2.75) is 25.7 Å². The molecule has 1 saturated carbocycles. The number of anilines is 1. The Morgan fingerprint density at radius 2 is 1.89 bits per heavy atom. The van der Waals surface area contributed by atoms with Crippen molar-refractivity contribution in [3.63, 3.8) is 0 Å². The molecule has 1 aromatic carbocycles. The number of hydrogen-bond donors (Lipinski definition) is 3. The first-order chi connectivity index (χ1) is 9.08. The molecule has 1 amide bonds. The lowest BCUT2D eigenvalue weighted by atomic mass is 9.83. The maximum absolute atomic E-state index is 12.4. The molecule has 19 heavy (non-hydrogen) atoms. The van der Waals surface area contributed by atoms with Gasteiger partial charge < -0.3 is 16.3 Å². The zero-order valence-electron chi connectivity index (χ0n) is 10.4. The van der Waals surface area contributed by atoms with Crippen LogP contribution in [-0.2, 0) is 4.79 Å². The third-order valence-electron chi connectivity index (χ3n) is 3.59. The molecular weight excluding hydrogens is 310 g/mol. The fourth-order valence-electron chi connectivity index (χ4n) is 2.46. The number of carbonyl (C=O) groups excluding carboxylic acids is 1. The Morgan fingerprint density at radius 1 is 1.32 bits per heavy atom. The molecule has 0 unspecified atom stereocenters. The van der Waals surface area contributed by atoms with Gasteiger partial charge in [-0.25, -0.2) is 0 Å². The molecule has 0 heterocycles. The average Bonchev–Trinajstić information content (AvgIpc) is 2.91. The van der Waals surface area contributed by atoms with Gasteiger partial charge in [-0.15, -0.1) is 0 Å². The molecule has 0 radical (unpaired) electrons. The molecule has 0 aromatic heterocycles. The molecule has 1 fully saturated rings. The summed E-state index contributed by atoms with van der Waals surface area (Å²) in [4.78, 5) is 12.4. The molecule has 0 bridgehead atoms. The summed E-state index contributed by atoms with van der Waals surface area (Å²) >= 11 is 3.34. The first-order valence-corrected chi connectivity index (χ1v) is 6.93. The van der Waals surface area contributed by atoms with Crippen molar-refractivity contribution >= 4 is 33.4 Å². The predicted molar refractivity (Wildman–Crippen MR) is 77.1 cm³/mol. The minimum absolute atomic E-state index is 0.000360. The third kappa shape index (κ3) is 2.73. The number of nitrogens with one attached hydrogen (secondary N) is 1. The number of halogens is 1. The molecule has 4 N–H and O–H groups in total. The Bertz CT molecular complexity index is 493. The van der Waals surface area contributed by atoms with Crippen LogP contribution in [-0.4, -0.2) is 17.0 Å². The second kappa shape index (κ2) is 5.61. The first kappa shape index (κ1) is 13.9. The Morgan fingerprint density at radius 3 is 2.42 bits per heavy atom. The largest absolute Gasteiger partial charge is 0.409 e. The van der Waals surface area contributed by atoms with Gasteiger partial charge in [-0.1, -0.05) is 33.9 Å². The lowest BCUT2D eigenvalue weighted by Crippen LogP contribution is -2.45. The summed E-state index contributed by atoms with van der Waals surface area (Å²) in [5, 5.41) is 14.8. The summed E-state index contributed by atoms with van der Waals surface area (Å²) in [5.41, 5.74) is 5.55. The van der Waals surface area contributed by atoms with E-state index in [9.17, 15) is 4.79 Å². The number of amidine groups is 1. The third-order valence-corrected chi connectivity index (χ3v) is 4.12. The van der Waals surface area contributed by atoms with Crippen LogP contribution < -0.4 is 11.1 Å². The Hall–Kier alpha value is -1.56. The van der Waals surface area contributed by atoms with Gasteiger partial charge in [0.15, 0.2) is 5.84 Å². The highest BCUT2D eigenvalue weighted by Crippen LogP contribution is 2.39. The maximum Gasteiger partial charge on any atom is 0.238 e. The zero-order chi connectivity index (χ0) is 13.9. The van der Waals surface area contributed by atoms with Gasteiger partial charge in [-0.05, 0) is 37.1 Å². The van der Waals surface area contributed by atoms with E-state index in [2.05, 4.69) is 26.4 Å². The second-order valence-corrected chi connectivity index (χ2v) is 5.65. The van der Waals surface area contributed by atoms with Crippen molar-refractivity contribution in [3.05, 3.63) is 28.7 Å². The number of benzene rings is 1. The van der Waals surface area contributed by atoms with Crippen LogP contribution in [0.4, 0.5) is 5.69 Å². The first-order valence-electron chi connectivity index (χ1n) is 6.13. The van der Waals surface area contributed by atoms with E-state index in [1.54, 1.807) is 12.1 Å². The monoisotopic (exact) mass is 325 g/mol. The number of nitrogens with zero attached hydrogens (tertiary/aromatic N) is 1. The SMILES string of the molecule is N/C(=N/O)C1(C(=O)Nc2ccc(Br)cc2)CCCC1. The summed E-state index contributed by atoms with van der Waals surface area (Å²) in [6.45, 7) is 0. The van der Waals surface area contributed by atoms with Crippen molar-refractivity contribution in [2.24, 2.45) is 16.3 Å². The topological polar surface area (TPSA) is 87.7 Å². The van der Waals surface area contributed by atoms with Crippen molar-refractivity contribution < 1.29 is 10.0 Å². The minimum atomic E-state index is -0.873. The molecule has 0 atom stereocenters. The number of carbonyl (C=O) groups is 1. The molecule has 2 rings (SSSR count). The predicted octanol–water partition coefficient (Wildman–Crippen LogP) is 2.69. The number of oxime groups is 1.